The van der Waals surface area contributed by atoms with E-state index < -0.39 is 23.8 Å². The van der Waals surface area contributed by atoms with Gasteiger partial charge in [0.2, 0.25) is 0 Å². The van der Waals surface area contributed by atoms with Crippen molar-refractivity contribution in [3.05, 3.63) is 43.3 Å². The largest absolute Gasteiger partial charge is 0.478 e. The van der Waals surface area contributed by atoms with Crippen molar-refractivity contribution in [2.75, 3.05) is 14.1 Å². The molecule has 136 valence electrons. The summed E-state index contributed by atoms with van der Waals surface area (Å²) >= 11 is 6.23. The van der Waals surface area contributed by atoms with E-state index in [9.17, 15) is 29.4 Å². The summed E-state index contributed by atoms with van der Waals surface area (Å²) in [7, 11) is 2.70. The van der Waals surface area contributed by atoms with Gasteiger partial charge in [-0.1, -0.05) is 0 Å². The summed E-state index contributed by atoms with van der Waals surface area (Å²) in [5.74, 6) is -4.02. The molecule has 0 saturated heterocycles. The van der Waals surface area contributed by atoms with E-state index in [1.165, 1.54) is 20.2 Å². The summed E-state index contributed by atoms with van der Waals surface area (Å²) < 4.78 is 0.134. The summed E-state index contributed by atoms with van der Waals surface area (Å²) in [6.45, 7) is 0. The SMILES string of the molecule is CNC(=O)c1cc(Br)c(C(=O)NC)c2c(C(=O)O)cc(Br)c(C(=O)O)c12. The minimum atomic E-state index is -1.38. The van der Waals surface area contributed by atoms with Gasteiger partial charge in [0, 0.05) is 39.4 Å². The number of carbonyl (C=O) groups excluding carboxylic acids is 2. The van der Waals surface area contributed by atoms with E-state index >= 15 is 0 Å². The molecule has 0 aliphatic rings. The Labute approximate surface area is 163 Å². The van der Waals surface area contributed by atoms with Gasteiger partial charge in [-0.25, -0.2) is 9.59 Å². The Kier molecular flexibility index (Phi) is 5.67. The predicted molar refractivity (Wildman–Crippen MR) is 100 cm³/mol. The van der Waals surface area contributed by atoms with Gasteiger partial charge in [0.1, 0.15) is 0 Å². The Morgan fingerprint density at radius 1 is 0.769 bits per heavy atom. The number of nitrogens with one attached hydrogen (secondary N) is 2. The third-order valence-electron chi connectivity index (χ3n) is 3.68. The van der Waals surface area contributed by atoms with Crippen LogP contribution in [0.3, 0.4) is 0 Å². The first-order chi connectivity index (χ1) is 12.1. The maximum atomic E-state index is 12.3. The molecule has 2 aromatic rings. The number of fused-ring (bicyclic) bond motifs is 1. The second-order valence-corrected chi connectivity index (χ2v) is 6.79. The Hall–Kier alpha value is -2.46. The van der Waals surface area contributed by atoms with E-state index in [0.717, 1.165) is 6.07 Å². The lowest BCUT2D eigenvalue weighted by molar-refractivity contribution is 0.0683. The maximum Gasteiger partial charge on any atom is 0.337 e. The van der Waals surface area contributed by atoms with E-state index in [1.807, 2.05) is 0 Å². The van der Waals surface area contributed by atoms with Crippen molar-refractivity contribution in [1.29, 1.82) is 0 Å². The van der Waals surface area contributed by atoms with Gasteiger partial charge < -0.3 is 20.8 Å². The van der Waals surface area contributed by atoms with Crippen LogP contribution in [0.2, 0.25) is 0 Å². The first-order valence-corrected chi connectivity index (χ1v) is 8.63. The molecule has 10 heteroatoms. The Morgan fingerprint density at radius 3 is 1.69 bits per heavy atom. The molecule has 4 N–H and O–H groups in total. The van der Waals surface area contributed by atoms with Crippen LogP contribution in [0.25, 0.3) is 10.8 Å². The van der Waals surface area contributed by atoms with E-state index in [2.05, 4.69) is 42.5 Å². The highest BCUT2D eigenvalue weighted by Crippen LogP contribution is 2.38. The van der Waals surface area contributed by atoms with E-state index in [1.54, 1.807) is 0 Å². The first-order valence-electron chi connectivity index (χ1n) is 7.05. The van der Waals surface area contributed by atoms with Crippen LogP contribution < -0.4 is 10.6 Å². The number of carbonyl (C=O) groups is 4. The Balaban J connectivity index is 3.29. The number of amides is 2. The zero-order chi connectivity index (χ0) is 19.8. The standard InChI is InChI=1S/C16H12Br2N2O6/c1-19-13(21)5-3-7(17)11(14(22)20-2)10-6(15(23)24)4-8(18)12(9(5)10)16(25)26/h3-4H,1-2H3,(H,19,21)(H,20,22)(H,23,24)(H,25,26). The average molecular weight is 488 g/mol. The van der Waals surface area contributed by atoms with Gasteiger partial charge in [0.15, 0.2) is 0 Å². The molecule has 0 atom stereocenters. The molecule has 0 aliphatic carbocycles. The molecule has 8 nitrogen and oxygen atoms in total. The summed E-state index contributed by atoms with van der Waals surface area (Å²) in [5.41, 5.74) is -0.797. The zero-order valence-corrected chi connectivity index (χ0v) is 16.6. The summed E-state index contributed by atoms with van der Waals surface area (Å²) in [6.07, 6.45) is 0. The number of carboxylic acids is 2. The summed E-state index contributed by atoms with van der Waals surface area (Å²) in [5, 5.41) is 23.7. The van der Waals surface area contributed by atoms with Gasteiger partial charge in [-0.3, -0.25) is 9.59 Å². The number of rotatable bonds is 4. The van der Waals surface area contributed by atoms with Crippen LogP contribution in [0.1, 0.15) is 41.4 Å². The van der Waals surface area contributed by atoms with Crippen molar-refractivity contribution in [1.82, 2.24) is 10.6 Å². The zero-order valence-electron chi connectivity index (χ0n) is 13.4. The maximum absolute atomic E-state index is 12.3. The average Bonchev–Trinajstić information content (AvgIpc) is 2.58. The van der Waals surface area contributed by atoms with Crippen molar-refractivity contribution in [3.8, 4) is 0 Å². The topological polar surface area (TPSA) is 133 Å². The second-order valence-electron chi connectivity index (χ2n) is 5.08. The van der Waals surface area contributed by atoms with Crippen LogP contribution in [0, 0.1) is 0 Å². The molecule has 0 spiro atoms. The highest BCUT2D eigenvalue weighted by atomic mass is 79.9. The van der Waals surface area contributed by atoms with Crippen molar-refractivity contribution in [3.63, 3.8) is 0 Å². The third-order valence-corrected chi connectivity index (χ3v) is 4.93. The Morgan fingerprint density at radius 2 is 1.23 bits per heavy atom. The molecule has 2 rings (SSSR count). The first kappa shape index (κ1) is 19.9. The summed E-state index contributed by atoms with van der Waals surface area (Å²) in [6, 6.07) is 2.39. The van der Waals surface area contributed by atoms with Crippen molar-refractivity contribution in [2.24, 2.45) is 0 Å². The number of aromatic carboxylic acids is 2. The van der Waals surface area contributed by atoms with E-state index in [0.29, 0.717) is 0 Å². The van der Waals surface area contributed by atoms with E-state index in [4.69, 9.17) is 0 Å². The van der Waals surface area contributed by atoms with Gasteiger partial charge in [-0.2, -0.15) is 0 Å². The Bertz CT molecular complexity index is 987. The summed E-state index contributed by atoms with van der Waals surface area (Å²) in [4.78, 5) is 48.2. The van der Waals surface area contributed by atoms with Crippen molar-refractivity contribution in [2.45, 2.75) is 0 Å². The minimum absolute atomic E-state index is 0.0229. The van der Waals surface area contributed by atoms with Crippen LogP contribution >= 0.6 is 31.9 Å². The van der Waals surface area contributed by atoms with Gasteiger partial charge in [-0.15, -0.1) is 0 Å². The lowest BCUT2D eigenvalue weighted by atomic mass is 9.91. The molecule has 0 saturated carbocycles. The number of benzene rings is 2. The monoisotopic (exact) mass is 486 g/mol. The molecule has 0 unspecified atom stereocenters. The van der Waals surface area contributed by atoms with Crippen LogP contribution in [0.5, 0.6) is 0 Å². The molecule has 0 aromatic heterocycles. The van der Waals surface area contributed by atoms with Crippen LogP contribution in [0.4, 0.5) is 0 Å². The molecule has 0 fully saturated rings. The fraction of sp³-hybridized carbons (Fsp3) is 0.125. The molecule has 0 radical (unpaired) electrons. The van der Waals surface area contributed by atoms with E-state index in [-0.39, 0.29) is 42.0 Å². The molecule has 2 aromatic carbocycles. The fourth-order valence-electron chi connectivity index (χ4n) is 2.61. The normalized spacial score (nSPS) is 10.5. The quantitative estimate of drug-likeness (QED) is 0.523. The van der Waals surface area contributed by atoms with Crippen LogP contribution in [0.15, 0.2) is 21.1 Å². The fourth-order valence-corrected chi connectivity index (χ4v) is 3.81. The molecule has 0 heterocycles. The highest BCUT2D eigenvalue weighted by molar-refractivity contribution is 9.10. The van der Waals surface area contributed by atoms with Crippen LogP contribution in [-0.4, -0.2) is 48.1 Å². The minimum Gasteiger partial charge on any atom is -0.478 e. The molecule has 2 amide bonds. The van der Waals surface area contributed by atoms with Crippen LogP contribution in [-0.2, 0) is 0 Å². The third kappa shape index (κ3) is 3.17. The van der Waals surface area contributed by atoms with Gasteiger partial charge in [0.25, 0.3) is 11.8 Å². The lowest BCUT2D eigenvalue weighted by Gasteiger charge is -2.17. The molecule has 26 heavy (non-hydrogen) atoms. The number of hydrogen-bond donors (Lipinski definition) is 4. The predicted octanol–water partition coefficient (Wildman–Crippen LogP) is 2.48. The molecular weight excluding hydrogens is 476 g/mol. The molecule has 0 bridgehead atoms. The number of halogens is 2. The van der Waals surface area contributed by atoms with Crippen molar-refractivity contribution >= 4 is 66.4 Å². The van der Waals surface area contributed by atoms with Crippen molar-refractivity contribution < 1.29 is 29.4 Å². The molecule has 0 aliphatic heterocycles. The molecular formula is C16H12Br2N2O6. The number of carboxylic acid groups (broad SMARTS) is 2. The smallest absolute Gasteiger partial charge is 0.337 e. The van der Waals surface area contributed by atoms with Gasteiger partial charge in [0.05, 0.1) is 16.7 Å². The highest BCUT2D eigenvalue weighted by Gasteiger charge is 2.29. The van der Waals surface area contributed by atoms with Gasteiger partial charge >= 0.3 is 11.9 Å². The van der Waals surface area contributed by atoms with Gasteiger partial charge in [-0.05, 0) is 44.0 Å². The second kappa shape index (κ2) is 7.42. The number of hydrogen-bond acceptors (Lipinski definition) is 4. The lowest BCUT2D eigenvalue weighted by Crippen LogP contribution is -2.23.